The SMILES string of the molecule is C/C(Cn1nnc2ccccc21)=N\NC(=O)Cc1ccc(Cl)cc1. The number of hydrazone groups is 1. The van der Waals surface area contributed by atoms with Crippen LogP contribution in [0.1, 0.15) is 12.5 Å². The van der Waals surface area contributed by atoms with Crippen LogP contribution in [0, 0.1) is 0 Å². The zero-order valence-corrected chi connectivity index (χ0v) is 13.9. The van der Waals surface area contributed by atoms with E-state index in [-0.39, 0.29) is 12.3 Å². The summed E-state index contributed by atoms with van der Waals surface area (Å²) in [6, 6.07) is 14.9. The number of halogens is 1. The molecule has 122 valence electrons. The minimum absolute atomic E-state index is 0.180. The zero-order valence-electron chi connectivity index (χ0n) is 13.1. The van der Waals surface area contributed by atoms with Crippen LogP contribution < -0.4 is 5.43 Å². The van der Waals surface area contributed by atoms with Crippen molar-refractivity contribution in [3.8, 4) is 0 Å². The molecule has 0 aliphatic heterocycles. The quantitative estimate of drug-likeness (QED) is 0.573. The van der Waals surface area contributed by atoms with Gasteiger partial charge in [0, 0.05) is 5.02 Å². The number of benzene rings is 2. The van der Waals surface area contributed by atoms with E-state index in [1.807, 2.05) is 43.3 Å². The molecular formula is C17H16ClN5O. The lowest BCUT2D eigenvalue weighted by Crippen LogP contribution is -2.22. The van der Waals surface area contributed by atoms with E-state index >= 15 is 0 Å². The minimum Gasteiger partial charge on any atom is -0.273 e. The molecule has 0 saturated carbocycles. The lowest BCUT2D eigenvalue weighted by Gasteiger charge is -2.04. The van der Waals surface area contributed by atoms with E-state index in [1.54, 1.807) is 16.8 Å². The van der Waals surface area contributed by atoms with Crippen LogP contribution in [0.25, 0.3) is 11.0 Å². The highest BCUT2D eigenvalue weighted by Gasteiger charge is 2.06. The number of rotatable bonds is 5. The molecule has 1 aromatic heterocycles. The fourth-order valence-corrected chi connectivity index (χ4v) is 2.40. The number of fused-ring (bicyclic) bond motifs is 1. The Labute approximate surface area is 144 Å². The predicted molar refractivity (Wildman–Crippen MR) is 93.9 cm³/mol. The summed E-state index contributed by atoms with van der Waals surface area (Å²) >= 11 is 5.82. The van der Waals surface area contributed by atoms with Gasteiger partial charge < -0.3 is 0 Å². The Balaban J connectivity index is 1.59. The third-order valence-corrected chi connectivity index (χ3v) is 3.70. The van der Waals surface area contributed by atoms with Crippen molar-refractivity contribution in [2.45, 2.75) is 19.9 Å². The Kier molecular flexibility index (Phi) is 4.86. The third kappa shape index (κ3) is 3.97. The Morgan fingerprint density at radius 1 is 1.21 bits per heavy atom. The summed E-state index contributed by atoms with van der Waals surface area (Å²) in [5, 5.41) is 13.0. The van der Waals surface area contributed by atoms with Crippen molar-refractivity contribution in [2.24, 2.45) is 5.10 Å². The average molecular weight is 342 g/mol. The van der Waals surface area contributed by atoms with Gasteiger partial charge in [-0.3, -0.25) is 4.79 Å². The third-order valence-electron chi connectivity index (χ3n) is 3.45. The molecule has 2 aromatic carbocycles. The smallest absolute Gasteiger partial charge is 0.244 e. The number of nitrogens with zero attached hydrogens (tertiary/aromatic N) is 4. The van der Waals surface area contributed by atoms with E-state index < -0.39 is 0 Å². The van der Waals surface area contributed by atoms with Gasteiger partial charge in [0.2, 0.25) is 5.91 Å². The van der Waals surface area contributed by atoms with Crippen LogP contribution in [0.2, 0.25) is 5.02 Å². The topological polar surface area (TPSA) is 72.2 Å². The second kappa shape index (κ2) is 7.23. The molecule has 0 saturated heterocycles. The summed E-state index contributed by atoms with van der Waals surface area (Å²) in [4.78, 5) is 11.9. The average Bonchev–Trinajstić information content (AvgIpc) is 2.98. The highest BCUT2D eigenvalue weighted by atomic mass is 35.5. The standard InChI is InChI=1S/C17H16ClN5O/c1-12(11-23-16-5-3-2-4-15(16)20-22-23)19-21-17(24)10-13-6-8-14(18)9-7-13/h2-9H,10-11H2,1H3,(H,21,24)/b19-12+. The van der Waals surface area contributed by atoms with Gasteiger partial charge in [-0.15, -0.1) is 5.10 Å². The maximum absolute atomic E-state index is 11.9. The highest BCUT2D eigenvalue weighted by Crippen LogP contribution is 2.10. The van der Waals surface area contributed by atoms with Gasteiger partial charge in [-0.25, -0.2) is 10.1 Å². The maximum Gasteiger partial charge on any atom is 0.244 e. The molecule has 1 amide bonds. The van der Waals surface area contributed by atoms with E-state index in [1.165, 1.54) is 0 Å². The Morgan fingerprint density at radius 2 is 1.96 bits per heavy atom. The lowest BCUT2D eigenvalue weighted by molar-refractivity contribution is -0.120. The number of hydrogen-bond donors (Lipinski definition) is 1. The molecule has 24 heavy (non-hydrogen) atoms. The Morgan fingerprint density at radius 3 is 2.75 bits per heavy atom. The summed E-state index contributed by atoms with van der Waals surface area (Å²) in [5.74, 6) is -0.180. The van der Waals surface area contributed by atoms with Crippen molar-refractivity contribution < 1.29 is 4.79 Å². The molecule has 3 aromatic rings. The number of carbonyl (C=O) groups is 1. The number of nitrogens with one attached hydrogen (secondary N) is 1. The maximum atomic E-state index is 11.9. The van der Waals surface area contributed by atoms with Gasteiger partial charge in [-0.2, -0.15) is 5.10 Å². The number of aromatic nitrogens is 3. The summed E-state index contributed by atoms with van der Waals surface area (Å²) < 4.78 is 1.75. The van der Waals surface area contributed by atoms with Gasteiger partial charge in [0.1, 0.15) is 5.52 Å². The summed E-state index contributed by atoms with van der Waals surface area (Å²) in [6.45, 7) is 2.29. The molecule has 3 rings (SSSR count). The summed E-state index contributed by atoms with van der Waals surface area (Å²) in [5.41, 5.74) is 5.93. The monoisotopic (exact) mass is 341 g/mol. The van der Waals surface area contributed by atoms with Crippen molar-refractivity contribution in [3.05, 3.63) is 59.1 Å². The van der Waals surface area contributed by atoms with Crippen LogP contribution >= 0.6 is 11.6 Å². The number of amides is 1. The summed E-state index contributed by atoms with van der Waals surface area (Å²) in [6.07, 6.45) is 0.250. The van der Waals surface area contributed by atoms with E-state index in [9.17, 15) is 4.79 Å². The van der Waals surface area contributed by atoms with E-state index in [0.29, 0.717) is 11.6 Å². The Hall–Kier alpha value is -2.73. The van der Waals surface area contributed by atoms with Crippen LogP contribution in [0.4, 0.5) is 0 Å². The van der Waals surface area contributed by atoms with Crippen molar-refractivity contribution in [3.63, 3.8) is 0 Å². The molecule has 0 radical (unpaired) electrons. The van der Waals surface area contributed by atoms with Crippen LogP contribution in [-0.2, 0) is 17.8 Å². The van der Waals surface area contributed by atoms with Crippen LogP contribution in [0.5, 0.6) is 0 Å². The van der Waals surface area contributed by atoms with Crippen LogP contribution in [-0.4, -0.2) is 26.6 Å². The van der Waals surface area contributed by atoms with Crippen molar-refractivity contribution >= 4 is 34.3 Å². The molecule has 0 fully saturated rings. The van der Waals surface area contributed by atoms with Gasteiger partial charge >= 0.3 is 0 Å². The van der Waals surface area contributed by atoms with Gasteiger partial charge in [-0.1, -0.05) is 41.1 Å². The van der Waals surface area contributed by atoms with Crippen molar-refractivity contribution in [1.29, 1.82) is 0 Å². The van der Waals surface area contributed by atoms with Gasteiger partial charge in [0.15, 0.2) is 0 Å². The lowest BCUT2D eigenvalue weighted by atomic mass is 10.1. The van der Waals surface area contributed by atoms with Gasteiger partial charge in [-0.05, 0) is 36.8 Å². The van der Waals surface area contributed by atoms with E-state index in [2.05, 4.69) is 20.8 Å². The molecular weight excluding hydrogens is 326 g/mol. The van der Waals surface area contributed by atoms with E-state index in [0.717, 1.165) is 22.3 Å². The molecule has 0 bridgehead atoms. The molecule has 0 unspecified atom stereocenters. The first-order valence-corrected chi connectivity index (χ1v) is 7.84. The molecule has 1 heterocycles. The molecule has 7 heteroatoms. The second-order valence-corrected chi connectivity index (χ2v) is 5.86. The second-order valence-electron chi connectivity index (χ2n) is 5.42. The van der Waals surface area contributed by atoms with Gasteiger partial charge in [0.25, 0.3) is 0 Å². The van der Waals surface area contributed by atoms with Gasteiger partial charge in [0.05, 0.1) is 24.2 Å². The zero-order chi connectivity index (χ0) is 16.9. The predicted octanol–water partition coefficient (Wildman–Crippen LogP) is 2.82. The molecule has 1 N–H and O–H groups in total. The normalized spacial score (nSPS) is 11.7. The van der Waals surface area contributed by atoms with E-state index in [4.69, 9.17) is 11.6 Å². The number of hydrogen-bond acceptors (Lipinski definition) is 4. The first-order chi connectivity index (χ1) is 11.6. The molecule has 0 aliphatic rings. The fourth-order valence-electron chi connectivity index (χ4n) is 2.27. The Bertz CT molecular complexity index is 885. The van der Waals surface area contributed by atoms with Crippen LogP contribution in [0.3, 0.4) is 0 Å². The summed E-state index contributed by atoms with van der Waals surface area (Å²) in [7, 11) is 0. The van der Waals surface area contributed by atoms with Crippen LogP contribution in [0.15, 0.2) is 53.6 Å². The highest BCUT2D eigenvalue weighted by molar-refractivity contribution is 6.30. The first kappa shape index (κ1) is 16.1. The van der Waals surface area contributed by atoms with Crippen molar-refractivity contribution in [2.75, 3.05) is 0 Å². The molecule has 0 spiro atoms. The fraction of sp³-hybridized carbons (Fsp3) is 0.176. The number of para-hydroxylation sites is 1. The minimum atomic E-state index is -0.180. The first-order valence-electron chi connectivity index (χ1n) is 7.46. The molecule has 0 aliphatic carbocycles. The molecule has 6 nitrogen and oxygen atoms in total. The largest absolute Gasteiger partial charge is 0.273 e. The van der Waals surface area contributed by atoms with Crippen molar-refractivity contribution in [1.82, 2.24) is 20.4 Å². The number of carbonyl (C=O) groups excluding carboxylic acids is 1. The molecule has 0 atom stereocenters.